The molecule has 0 aliphatic rings. The highest BCUT2D eigenvalue weighted by Gasteiger charge is 2.15. The number of carbonyl (C=O) groups is 1. The second kappa shape index (κ2) is 9.65. The van der Waals surface area contributed by atoms with Gasteiger partial charge in [-0.05, 0) is 55.3 Å². The molecule has 2 aromatic heterocycles. The Bertz CT molecular complexity index is 1350. The summed E-state index contributed by atoms with van der Waals surface area (Å²) in [6, 6.07) is 18.0. The fourth-order valence-electron chi connectivity index (χ4n) is 3.75. The van der Waals surface area contributed by atoms with Crippen LogP contribution in [0.15, 0.2) is 71.7 Å². The summed E-state index contributed by atoms with van der Waals surface area (Å²) in [5, 5.41) is 3.00. The number of hydrogen-bond donors (Lipinski definition) is 1. The molecule has 0 spiro atoms. The number of nitrogens with one attached hydrogen (secondary N) is 1. The van der Waals surface area contributed by atoms with E-state index in [1.165, 1.54) is 0 Å². The normalized spacial score (nSPS) is 11.8. The Labute approximate surface area is 192 Å². The number of hydrogen-bond acceptors (Lipinski definition) is 5. The van der Waals surface area contributed by atoms with Crippen LogP contribution in [0.3, 0.4) is 0 Å². The first-order valence-corrected chi connectivity index (χ1v) is 10.9. The number of fused-ring (bicyclic) bond motifs is 1. The third-order valence-electron chi connectivity index (χ3n) is 5.51. The fourth-order valence-corrected chi connectivity index (χ4v) is 3.75. The van der Waals surface area contributed by atoms with E-state index in [0.717, 1.165) is 17.7 Å². The molecule has 2 aromatic carbocycles. The maximum atomic E-state index is 13.1. The highest BCUT2D eigenvalue weighted by Crippen LogP contribution is 2.21. The number of amides is 1. The van der Waals surface area contributed by atoms with Gasteiger partial charge in [-0.25, -0.2) is 9.97 Å². The smallest absolute Gasteiger partial charge is 0.278 e. The van der Waals surface area contributed by atoms with Crippen molar-refractivity contribution in [1.29, 1.82) is 0 Å². The predicted octanol–water partition coefficient (Wildman–Crippen LogP) is 4.37. The number of aryl methyl sites for hydroxylation is 1. The van der Waals surface area contributed by atoms with Gasteiger partial charge in [0.05, 0.1) is 13.2 Å². The number of nitrogens with zero attached hydrogens (tertiary/aromatic N) is 3. The van der Waals surface area contributed by atoms with Crippen molar-refractivity contribution in [3.8, 4) is 17.0 Å². The van der Waals surface area contributed by atoms with Gasteiger partial charge in [0.15, 0.2) is 5.65 Å². The molecule has 168 valence electrons. The number of benzene rings is 2. The summed E-state index contributed by atoms with van der Waals surface area (Å²) < 4.78 is 6.92. The Kier molecular flexibility index (Phi) is 6.49. The van der Waals surface area contributed by atoms with E-state index < -0.39 is 0 Å². The van der Waals surface area contributed by atoms with Crippen LogP contribution in [0.25, 0.3) is 22.4 Å². The minimum atomic E-state index is -0.198. The molecule has 4 aromatic rings. The first-order valence-electron chi connectivity index (χ1n) is 10.9. The van der Waals surface area contributed by atoms with Crippen LogP contribution in [0.5, 0.6) is 5.75 Å². The van der Waals surface area contributed by atoms with Crippen molar-refractivity contribution in [2.24, 2.45) is 0 Å². The summed E-state index contributed by atoms with van der Waals surface area (Å²) in [5.74, 6) is 0.542. The monoisotopic (exact) mass is 442 g/mol. The second-order valence-corrected chi connectivity index (χ2v) is 7.81. The van der Waals surface area contributed by atoms with Gasteiger partial charge in [-0.1, -0.05) is 31.2 Å². The molecule has 1 N–H and O–H groups in total. The van der Waals surface area contributed by atoms with Crippen LogP contribution in [-0.4, -0.2) is 27.6 Å². The molecular weight excluding hydrogens is 416 g/mol. The van der Waals surface area contributed by atoms with Gasteiger partial charge in [0.25, 0.3) is 11.5 Å². The Morgan fingerprint density at radius 3 is 2.64 bits per heavy atom. The highest BCUT2D eigenvalue weighted by atomic mass is 16.5. The van der Waals surface area contributed by atoms with Gasteiger partial charge >= 0.3 is 0 Å². The molecule has 2 heterocycles. The van der Waals surface area contributed by atoms with Crippen molar-refractivity contribution < 1.29 is 9.53 Å². The quantitative estimate of drug-likeness (QED) is 0.459. The van der Waals surface area contributed by atoms with E-state index in [9.17, 15) is 9.59 Å². The fraction of sp³-hybridized carbons (Fsp3) is 0.231. The minimum absolute atomic E-state index is 0.188. The van der Waals surface area contributed by atoms with Crippen molar-refractivity contribution in [2.75, 3.05) is 7.11 Å². The van der Waals surface area contributed by atoms with Gasteiger partial charge in [0.2, 0.25) is 0 Å². The van der Waals surface area contributed by atoms with Gasteiger partial charge in [0, 0.05) is 23.9 Å². The molecule has 1 amide bonds. The largest absolute Gasteiger partial charge is 0.497 e. The Morgan fingerprint density at radius 2 is 1.91 bits per heavy atom. The highest BCUT2D eigenvalue weighted by molar-refractivity contribution is 5.95. The van der Waals surface area contributed by atoms with Gasteiger partial charge < -0.3 is 10.1 Å². The molecule has 0 saturated carbocycles. The van der Waals surface area contributed by atoms with Crippen LogP contribution in [0, 0.1) is 0 Å². The van der Waals surface area contributed by atoms with Crippen LogP contribution >= 0.6 is 0 Å². The van der Waals surface area contributed by atoms with E-state index in [-0.39, 0.29) is 17.5 Å². The number of rotatable bonds is 7. The van der Waals surface area contributed by atoms with Crippen LogP contribution in [-0.2, 0) is 6.54 Å². The molecule has 0 unspecified atom stereocenters. The third kappa shape index (κ3) is 4.62. The van der Waals surface area contributed by atoms with Crippen molar-refractivity contribution in [3.63, 3.8) is 0 Å². The van der Waals surface area contributed by atoms with Crippen molar-refractivity contribution in [1.82, 2.24) is 19.9 Å². The SMILES string of the molecule is CCCn1c(=O)c(-c2ccc(C(=O)N[C@H](C)c3cccc(OC)c3)cc2)nc2cccnc21. The van der Waals surface area contributed by atoms with Crippen molar-refractivity contribution >= 4 is 17.1 Å². The van der Waals surface area contributed by atoms with E-state index in [2.05, 4.69) is 15.3 Å². The number of methoxy groups -OCH3 is 1. The van der Waals surface area contributed by atoms with Crippen molar-refractivity contribution in [3.05, 3.63) is 88.3 Å². The number of ether oxygens (including phenoxy) is 1. The molecule has 0 radical (unpaired) electrons. The second-order valence-electron chi connectivity index (χ2n) is 7.81. The van der Waals surface area contributed by atoms with E-state index >= 15 is 0 Å². The summed E-state index contributed by atoms with van der Waals surface area (Å²) in [4.78, 5) is 34.8. The Balaban J connectivity index is 1.59. The molecule has 33 heavy (non-hydrogen) atoms. The lowest BCUT2D eigenvalue weighted by atomic mass is 10.1. The molecular formula is C26H26N4O3. The Morgan fingerprint density at radius 1 is 1.12 bits per heavy atom. The molecule has 7 nitrogen and oxygen atoms in total. The summed E-state index contributed by atoms with van der Waals surface area (Å²) in [5.41, 5.74) is 3.51. The average Bonchev–Trinajstić information content (AvgIpc) is 2.85. The molecule has 1 atom stereocenters. The molecule has 0 fully saturated rings. The van der Waals surface area contributed by atoms with Gasteiger partial charge in [0.1, 0.15) is 17.0 Å². The van der Waals surface area contributed by atoms with E-state index in [4.69, 9.17) is 4.74 Å². The van der Waals surface area contributed by atoms with Crippen LogP contribution in [0.4, 0.5) is 0 Å². The zero-order valence-corrected chi connectivity index (χ0v) is 18.9. The van der Waals surface area contributed by atoms with Crippen LogP contribution in [0.1, 0.15) is 42.2 Å². The standard InChI is InChI=1S/C26H26N4O3/c1-4-15-30-24-22(9-6-14-27-24)29-23(26(30)32)18-10-12-19(13-11-18)25(31)28-17(2)20-7-5-8-21(16-20)33-3/h5-14,16-17H,4,15H2,1-3H3,(H,28,31)/t17-/m1/s1. The zero-order chi connectivity index (χ0) is 23.4. The lowest BCUT2D eigenvalue weighted by Crippen LogP contribution is -2.26. The first-order chi connectivity index (χ1) is 16.0. The van der Waals surface area contributed by atoms with E-state index in [1.807, 2.05) is 44.2 Å². The first kappa shape index (κ1) is 22.2. The van der Waals surface area contributed by atoms with E-state index in [0.29, 0.717) is 34.5 Å². The summed E-state index contributed by atoms with van der Waals surface area (Å²) in [6.07, 6.45) is 2.47. The van der Waals surface area contributed by atoms with Crippen LogP contribution < -0.4 is 15.6 Å². The summed E-state index contributed by atoms with van der Waals surface area (Å²) in [7, 11) is 1.61. The van der Waals surface area contributed by atoms with Crippen molar-refractivity contribution in [2.45, 2.75) is 32.9 Å². The maximum absolute atomic E-state index is 13.1. The molecule has 0 aliphatic carbocycles. The maximum Gasteiger partial charge on any atom is 0.278 e. The number of carbonyl (C=O) groups excluding carboxylic acids is 1. The molecule has 0 bridgehead atoms. The minimum Gasteiger partial charge on any atom is -0.497 e. The predicted molar refractivity (Wildman–Crippen MR) is 128 cm³/mol. The number of pyridine rings is 1. The lowest BCUT2D eigenvalue weighted by Gasteiger charge is -2.15. The zero-order valence-electron chi connectivity index (χ0n) is 18.9. The topological polar surface area (TPSA) is 86.1 Å². The lowest BCUT2D eigenvalue weighted by molar-refractivity contribution is 0.0940. The Hall–Kier alpha value is -4.00. The molecule has 0 aliphatic heterocycles. The third-order valence-corrected chi connectivity index (χ3v) is 5.51. The van der Waals surface area contributed by atoms with Crippen LogP contribution in [0.2, 0.25) is 0 Å². The molecule has 7 heteroatoms. The summed E-state index contributed by atoms with van der Waals surface area (Å²) in [6.45, 7) is 4.50. The molecule has 0 saturated heterocycles. The molecule has 4 rings (SSSR count). The van der Waals surface area contributed by atoms with Gasteiger partial charge in [-0.3, -0.25) is 14.2 Å². The number of aromatic nitrogens is 3. The average molecular weight is 443 g/mol. The van der Waals surface area contributed by atoms with E-state index in [1.54, 1.807) is 48.2 Å². The van der Waals surface area contributed by atoms with Gasteiger partial charge in [-0.2, -0.15) is 0 Å². The van der Waals surface area contributed by atoms with Gasteiger partial charge in [-0.15, -0.1) is 0 Å². The summed E-state index contributed by atoms with van der Waals surface area (Å²) >= 11 is 0.